The number of aryl methyl sites for hydroxylation is 4. The van der Waals surface area contributed by atoms with Crippen LogP contribution in [0.3, 0.4) is 0 Å². The molecule has 8 aromatic carbocycles. The van der Waals surface area contributed by atoms with E-state index in [9.17, 15) is 53.1 Å². The maximum atomic E-state index is 15.9. The van der Waals surface area contributed by atoms with Crippen LogP contribution in [0.2, 0.25) is 0 Å². The number of nitrogens with one attached hydrogen (secondary N) is 6. The third kappa shape index (κ3) is 20.5. The maximum Gasteiger partial charge on any atom is 0.358 e. The van der Waals surface area contributed by atoms with E-state index in [1.54, 1.807) is 26.2 Å². The average molecular weight is 2040 g/mol. The number of likely N-dealkylation sites (tertiary alicyclic amines) is 2. The van der Waals surface area contributed by atoms with Crippen molar-refractivity contribution in [2.45, 2.75) is 155 Å². The number of anilines is 6. The second-order valence-electron chi connectivity index (χ2n) is 41.5. The van der Waals surface area contributed by atoms with Crippen molar-refractivity contribution in [2.24, 2.45) is 36.8 Å². The smallest absolute Gasteiger partial charge is 0.358 e. The number of aromatic nitrogens is 8. The highest BCUT2D eigenvalue weighted by molar-refractivity contribution is 7.22. The second kappa shape index (κ2) is 40.6. The van der Waals surface area contributed by atoms with Gasteiger partial charge >= 0.3 is 11.9 Å². The number of carboxylic acid groups (broad SMARTS) is 1. The van der Waals surface area contributed by atoms with Gasteiger partial charge in [0.1, 0.15) is 39.8 Å². The van der Waals surface area contributed by atoms with Crippen molar-refractivity contribution in [1.82, 2.24) is 59.9 Å². The highest BCUT2D eigenvalue weighted by Gasteiger charge is 2.48. The van der Waals surface area contributed by atoms with Gasteiger partial charge in [-0.05, 0) is 314 Å². The van der Waals surface area contributed by atoms with E-state index in [-0.39, 0.29) is 106 Å². The molecule has 2 aliphatic carbocycles. The monoisotopic (exact) mass is 2030 g/mol. The number of esters is 1. The molecule has 148 heavy (non-hydrogen) atoms. The molecule has 22 rings (SSSR count). The Labute approximate surface area is 859 Å². The number of para-hydroxylation sites is 2. The van der Waals surface area contributed by atoms with Gasteiger partial charge in [-0.15, -0.1) is 0 Å². The first-order chi connectivity index (χ1) is 71.2. The summed E-state index contributed by atoms with van der Waals surface area (Å²) in [4.78, 5) is 156. The van der Waals surface area contributed by atoms with Crippen molar-refractivity contribution < 1.29 is 76.0 Å². The van der Waals surface area contributed by atoms with Gasteiger partial charge in [0.15, 0.2) is 33.3 Å². The molecule has 2 saturated carbocycles. The van der Waals surface area contributed by atoms with Gasteiger partial charge in [-0.2, -0.15) is 10.2 Å². The number of amides is 8. The zero-order chi connectivity index (χ0) is 103. The summed E-state index contributed by atoms with van der Waals surface area (Å²) in [5.74, 6) is -3.49. The van der Waals surface area contributed by atoms with Crippen molar-refractivity contribution >= 4 is 157 Å². The number of imide groups is 2. The lowest BCUT2D eigenvalue weighted by molar-refractivity contribution is -0.135. The van der Waals surface area contributed by atoms with Gasteiger partial charge < -0.3 is 39.8 Å². The number of carbonyl (C=O) groups is 10. The largest absolute Gasteiger partial charge is 0.493 e. The topological polar surface area (TPSA) is 391 Å². The summed E-state index contributed by atoms with van der Waals surface area (Å²) < 4.78 is 55.1. The first-order valence-corrected chi connectivity index (χ1v) is 51.9. The van der Waals surface area contributed by atoms with Crippen LogP contribution < -0.4 is 51.2 Å². The van der Waals surface area contributed by atoms with Crippen LogP contribution in [0.1, 0.15) is 196 Å². The molecule has 6 aliphatic heterocycles. The van der Waals surface area contributed by atoms with Gasteiger partial charge in [0.2, 0.25) is 35.4 Å². The maximum absolute atomic E-state index is 15.9. The van der Waals surface area contributed by atoms with Gasteiger partial charge in [0.25, 0.3) is 11.8 Å². The number of nitrogens with zero attached hydrogens (tertiary/aromatic N) is 12. The van der Waals surface area contributed by atoms with Crippen LogP contribution in [0.15, 0.2) is 170 Å². The third-order valence-electron chi connectivity index (χ3n) is 30.3. The van der Waals surface area contributed by atoms with Crippen molar-refractivity contribution in [3.05, 3.63) is 249 Å². The molecule has 14 aromatic rings. The van der Waals surface area contributed by atoms with Crippen molar-refractivity contribution in [3.63, 3.8) is 0 Å². The van der Waals surface area contributed by atoms with E-state index in [2.05, 4.69) is 72.8 Å². The first-order valence-electron chi connectivity index (χ1n) is 50.3. The Hall–Kier alpha value is -15.1. The van der Waals surface area contributed by atoms with Gasteiger partial charge in [-0.3, -0.25) is 78.8 Å². The van der Waals surface area contributed by atoms with E-state index in [1.165, 1.54) is 44.2 Å². The molecule has 0 radical (unpaired) electrons. The quantitative estimate of drug-likeness (QED) is 0.0218. The average Bonchev–Trinajstić information content (AvgIpc) is 1.72. The van der Waals surface area contributed by atoms with Crippen molar-refractivity contribution in [3.8, 4) is 33.8 Å². The molecule has 2 unspecified atom stereocenters. The molecular formula is C112H112F2N18O14S2. The number of rotatable bonds is 24. The predicted molar refractivity (Wildman–Crippen MR) is 560 cm³/mol. The number of hydrogen-bond donors (Lipinski definition) is 7. The molecule has 2 spiro atoms. The minimum absolute atomic E-state index is 0.0450. The molecule has 4 saturated heterocycles. The summed E-state index contributed by atoms with van der Waals surface area (Å²) in [5.41, 5.74) is 12.4. The molecule has 12 heterocycles. The number of thiazole rings is 2. The first kappa shape index (κ1) is 98.9. The van der Waals surface area contributed by atoms with Crippen LogP contribution in [0.4, 0.5) is 42.1 Å². The molecule has 8 amide bonds. The lowest BCUT2D eigenvalue weighted by Crippen LogP contribution is -2.49. The molecule has 760 valence electrons. The minimum Gasteiger partial charge on any atom is -0.493 e. The summed E-state index contributed by atoms with van der Waals surface area (Å²) in [6.07, 6.45) is 10.3. The second-order valence-corrected chi connectivity index (χ2v) is 43.6. The van der Waals surface area contributed by atoms with Gasteiger partial charge in [0.05, 0.1) is 81.3 Å². The van der Waals surface area contributed by atoms with Crippen molar-refractivity contribution in [1.29, 1.82) is 0 Å². The van der Waals surface area contributed by atoms with Crippen LogP contribution in [0, 0.1) is 48.1 Å². The number of carboxylic acids is 1. The fourth-order valence-electron chi connectivity index (χ4n) is 22.8. The standard InChI is InChI=1S/C58H60FN9O7S.C54H52FN9O7S/c1-33-27-36(74-32-34-28-58(29-34)22-25-67(26-23-58)31-48(70)60-44-18-15-40-50(65-66(5)52(40)49(44)59)41-17-20-47(69)63-54(41)72)13-14-37(33)38-16-19-46(62-51(38)55(73)75-57(2,3)4)68-24-21-35-9-8-10-39(42(35)30-68)53(71)64-56-61-43-11-6-7-12-45(43)76-56;1-30-24-33(71-29-31-25-54(26-31)19-22-63(23-20-54)28-45(66)56-41-15-12-37-47(61-62(2)49(37)46(41)55)38-14-17-44(65)59-51(38)68)10-11-34(30)35-13-16-43(58-48(35)52(69)70)64-21-18-32-6-5-7-36(39(32)27-64)50(67)60-53-57-40-8-3-4-9-42(40)72-53/h6-16,18-19,27,34,41H,17,20-26,28-32H2,1-5H3,(H,60,70)(H,61,64,71)(H,63,69,72);3-13,15-16,24,31,38H,14,17-23,25-29H2,1-2H3,(H,56,66)(H,69,70)(H,57,60,67)(H,59,65,68). The van der Waals surface area contributed by atoms with E-state index < -0.39 is 52.8 Å². The lowest BCUT2D eigenvalue weighted by Gasteiger charge is -2.52. The number of carbonyl (C=O) groups excluding carboxylic acids is 9. The minimum atomic E-state index is -1.13. The number of aromatic carboxylic acids is 1. The predicted octanol–water partition coefficient (Wildman–Crippen LogP) is 17.7. The number of hydrogen-bond acceptors (Lipinski definition) is 25. The number of fused-ring (bicyclic) bond motifs is 6. The SMILES string of the molecule is Cc1cc(OCC2CC3(CCN(CC(=O)Nc4ccc5c(C6CCC(=O)NC6=O)nn(C)c5c4F)CC3)C2)ccc1-c1ccc(N2CCc3cccc(C(=O)Nc4nc5ccccc5s4)c3C2)nc1C(=O)O.Cc1cc(OCC2CC3(CCN(CC(=O)Nc4ccc5c(C6CCC(=O)NC6=O)nn(C)c5c4F)CC3)C2)ccc1-c1ccc(N2CCc3cccc(C(=O)Nc4nc5ccccc5s4)c3C2)nc1C(=O)OC(C)(C)C. The van der Waals surface area contributed by atoms with Gasteiger partial charge in [-0.25, -0.2) is 38.3 Å². The number of benzene rings is 8. The number of pyridine rings is 2. The van der Waals surface area contributed by atoms with E-state index in [1.807, 2.05) is 179 Å². The molecule has 6 aromatic heterocycles. The summed E-state index contributed by atoms with van der Waals surface area (Å²) in [7, 11) is 3.19. The van der Waals surface area contributed by atoms with E-state index >= 15 is 8.78 Å². The Bertz CT molecular complexity index is 7660. The molecule has 0 bridgehead atoms. The molecule has 6 fully saturated rings. The van der Waals surface area contributed by atoms with Gasteiger partial charge in [-0.1, -0.05) is 83.3 Å². The summed E-state index contributed by atoms with van der Waals surface area (Å²) in [6, 6.07) is 52.6. The summed E-state index contributed by atoms with van der Waals surface area (Å²) in [5, 5.41) is 37.5. The van der Waals surface area contributed by atoms with Crippen LogP contribution >= 0.6 is 22.7 Å². The Morgan fingerprint density at radius 2 is 0.905 bits per heavy atom. The third-order valence-corrected chi connectivity index (χ3v) is 32.2. The van der Waals surface area contributed by atoms with Crippen LogP contribution in [0.25, 0.3) is 64.5 Å². The fourth-order valence-corrected chi connectivity index (χ4v) is 24.6. The Morgan fingerprint density at radius 3 is 1.32 bits per heavy atom. The van der Waals surface area contributed by atoms with Gasteiger partial charge in [0, 0.05) is 86.1 Å². The van der Waals surface area contributed by atoms with Crippen molar-refractivity contribution in [2.75, 3.05) is 96.6 Å². The molecule has 2 atom stereocenters. The highest BCUT2D eigenvalue weighted by atomic mass is 32.1. The summed E-state index contributed by atoms with van der Waals surface area (Å²) in [6.45, 7) is 16.0. The van der Waals surface area contributed by atoms with Crippen LogP contribution in [0.5, 0.6) is 11.5 Å². The molecule has 7 N–H and O–H groups in total. The zero-order valence-corrected chi connectivity index (χ0v) is 84.7. The summed E-state index contributed by atoms with van der Waals surface area (Å²) >= 11 is 2.86. The Kier molecular flexibility index (Phi) is 27.1. The fraction of sp³-hybridized carbons (Fsp3) is 0.357. The highest BCUT2D eigenvalue weighted by Crippen LogP contribution is 2.55. The van der Waals surface area contributed by atoms with Crippen LogP contribution in [-0.2, 0) is 73.5 Å². The van der Waals surface area contributed by atoms with E-state index in [0.717, 1.165) is 148 Å². The Balaban J connectivity index is 0.000000174. The lowest BCUT2D eigenvalue weighted by atomic mass is 9.58. The number of ether oxygens (including phenoxy) is 3. The molecule has 32 nitrogen and oxygen atoms in total. The van der Waals surface area contributed by atoms with E-state index in [0.29, 0.717) is 149 Å². The van der Waals surface area contributed by atoms with E-state index in [4.69, 9.17) is 24.2 Å². The number of piperidine rings is 4. The zero-order valence-electron chi connectivity index (χ0n) is 83.1. The number of halogens is 2. The van der Waals surface area contributed by atoms with Crippen LogP contribution in [-0.4, -0.2) is 185 Å². The molecule has 8 aliphatic rings. The Morgan fingerprint density at radius 1 is 0.486 bits per heavy atom. The molecular weight excluding hydrogens is 1920 g/mol. The normalized spacial score (nSPS) is 18.2. The molecule has 36 heteroatoms.